The Balaban J connectivity index is 2.29. The quantitative estimate of drug-likeness (QED) is 0.865. The standard InChI is InChI=1S/C11H16N6/c1-4-6-12-11-13-7-5-10(15-11)17-9(3)14-8(2)16-17/h5,7H,4,6H2,1-3H3,(H,12,13,15). The molecular formula is C11H16N6. The van der Waals surface area contributed by atoms with Crippen LogP contribution in [0.3, 0.4) is 0 Å². The van der Waals surface area contributed by atoms with Gasteiger partial charge in [0.2, 0.25) is 5.95 Å². The number of anilines is 1. The van der Waals surface area contributed by atoms with Crippen LogP contribution in [0.2, 0.25) is 0 Å². The molecule has 2 aromatic heterocycles. The molecule has 1 N–H and O–H groups in total. The zero-order valence-electron chi connectivity index (χ0n) is 10.3. The maximum absolute atomic E-state index is 4.39. The van der Waals surface area contributed by atoms with Crippen molar-refractivity contribution in [3.05, 3.63) is 23.9 Å². The van der Waals surface area contributed by atoms with E-state index >= 15 is 0 Å². The maximum Gasteiger partial charge on any atom is 0.224 e. The summed E-state index contributed by atoms with van der Waals surface area (Å²) in [4.78, 5) is 12.8. The Morgan fingerprint density at radius 1 is 1.29 bits per heavy atom. The Morgan fingerprint density at radius 2 is 2.12 bits per heavy atom. The van der Waals surface area contributed by atoms with Gasteiger partial charge in [-0.05, 0) is 20.3 Å². The first-order chi connectivity index (χ1) is 8.20. The van der Waals surface area contributed by atoms with Gasteiger partial charge in [-0.3, -0.25) is 0 Å². The lowest BCUT2D eigenvalue weighted by atomic mass is 10.5. The predicted molar refractivity (Wildman–Crippen MR) is 65.2 cm³/mol. The third-order valence-corrected chi connectivity index (χ3v) is 2.27. The van der Waals surface area contributed by atoms with Crippen LogP contribution in [0, 0.1) is 13.8 Å². The van der Waals surface area contributed by atoms with Gasteiger partial charge >= 0.3 is 0 Å². The molecule has 2 heterocycles. The van der Waals surface area contributed by atoms with Crippen LogP contribution in [0.25, 0.3) is 5.82 Å². The largest absolute Gasteiger partial charge is 0.354 e. The van der Waals surface area contributed by atoms with E-state index in [-0.39, 0.29) is 0 Å². The summed E-state index contributed by atoms with van der Waals surface area (Å²) in [6.07, 6.45) is 2.76. The molecule has 0 atom stereocenters. The van der Waals surface area contributed by atoms with Crippen LogP contribution in [0.5, 0.6) is 0 Å². The zero-order chi connectivity index (χ0) is 12.3. The monoisotopic (exact) mass is 232 g/mol. The van der Waals surface area contributed by atoms with Gasteiger partial charge in [0.1, 0.15) is 11.6 Å². The number of rotatable bonds is 4. The minimum atomic E-state index is 0.622. The smallest absolute Gasteiger partial charge is 0.224 e. The molecule has 0 saturated carbocycles. The lowest BCUT2D eigenvalue weighted by Crippen LogP contribution is -2.08. The molecule has 0 aromatic carbocycles. The molecule has 2 rings (SSSR count). The summed E-state index contributed by atoms with van der Waals surface area (Å²) >= 11 is 0. The van der Waals surface area contributed by atoms with E-state index < -0.39 is 0 Å². The zero-order valence-corrected chi connectivity index (χ0v) is 10.3. The first kappa shape index (κ1) is 11.5. The number of aryl methyl sites for hydroxylation is 2. The highest BCUT2D eigenvalue weighted by Crippen LogP contribution is 2.08. The predicted octanol–water partition coefficient (Wildman–Crippen LogP) is 1.50. The Labute approximate surface area is 100 Å². The summed E-state index contributed by atoms with van der Waals surface area (Å²) in [5.41, 5.74) is 0. The van der Waals surface area contributed by atoms with Crippen molar-refractivity contribution >= 4 is 5.95 Å². The summed E-state index contributed by atoms with van der Waals surface area (Å²) in [6, 6.07) is 1.82. The second-order valence-electron chi connectivity index (χ2n) is 3.78. The van der Waals surface area contributed by atoms with Gasteiger partial charge in [0.15, 0.2) is 5.82 Å². The van der Waals surface area contributed by atoms with Crippen molar-refractivity contribution in [3.8, 4) is 5.82 Å². The number of nitrogens with zero attached hydrogens (tertiary/aromatic N) is 5. The minimum Gasteiger partial charge on any atom is -0.354 e. The highest BCUT2D eigenvalue weighted by Gasteiger charge is 2.07. The molecule has 0 saturated heterocycles. The van der Waals surface area contributed by atoms with Gasteiger partial charge in [-0.25, -0.2) is 9.97 Å². The lowest BCUT2D eigenvalue weighted by molar-refractivity contribution is 0.797. The Bertz CT molecular complexity index is 504. The Morgan fingerprint density at radius 3 is 2.76 bits per heavy atom. The highest BCUT2D eigenvalue weighted by molar-refractivity contribution is 5.31. The van der Waals surface area contributed by atoms with Crippen molar-refractivity contribution in [3.63, 3.8) is 0 Å². The molecule has 90 valence electrons. The van der Waals surface area contributed by atoms with Crippen LogP contribution in [-0.2, 0) is 0 Å². The van der Waals surface area contributed by atoms with Crippen LogP contribution in [0.1, 0.15) is 25.0 Å². The molecule has 0 aliphatic rings. The summed E-state index contributed by atoms with van der Waals surface area (Å²) in [7, 11) is 0. The van der Waals surface area contributed by atoms with Crippen LogP contribution in [-0.4, -0.2) is 31.3 Å². The average molecular weight is 232 g/mol. The molecule has 0 fully saturated rings. The van der Waals surface area contributed by atoms with Gasteiger partial charge in [0.05, 0.1) is 0 Å². The Kier molecular flexibility index (Phi) is 3.32. The van der Waals surface area contributed by atoms with Crippen LogP contribution in [0.15, 0.2) is 12.3 Å². The lowest BCUT2D eigenvalue weighted by Gasteiger charge is -2.05. The second kappa shape index (κ2) is 4.90. The molecule has 6 heteroatoms. The molecule has 0 aliphatic heterocycles. The van der Waals surface area contributed by atoms with E-state index in [4.69, 9.17) is 0 Å². The summed E-state index contributed by atoms with van der Waals surface area (Å²) in [5, 5.41) is 7.44. The van der Waals surface area contributed by atoms with E-state index in [0.717, 1.165) is 30.4 Å². The molecule has 2 aromatic rings. The fourth-order valence-corrected chi connectivity index (χ4v) is 1.53. The van der Waals surface area contributed by atoms with Gasteiger partial charge in [0, 0.05) is 18.8 Å². The minimum absolute atomic E-state index is 0.622. The topological polar surface area (TPSA) is 68.5 Å². The molecule has 0 radical (unpaired) electrons. The van der Waals surface area contributed by atoms with Crippen molar-refractivity contribution in [2.75, 3.05) is 11.9 Å². The summed E-state index contributed by atoms with van der Waals surface area (Å²) in [6.45, 7) is 6.72. The molecule has 0 spiro atoms. The van der Waals surface area contributed by atoms with E-state index in [9.17, 15) is 0 Å². The first-order valence-corrected chi connectivity index (χ1v) is 5.68. The van der Waals surface area contributed by atoms with Crippen molar-refractivity contribution in [1.29, 1.82) is 0 Å². The van der Waals surface area contributed by atoms with E-state index in [1.54, 1.807) is 10.9 Å². The third-order valence-electron chi connectivity index (χ3n) is 2.27. The van der Waals surface area contributed by atoms with Gasteiger partial charge in [-0.15, -0.1) is 5.10 Å². The number of nitrogens with one attached hydrogen (secondary N) is 1. The van der Waals surface area contributed by atoms with Gasteiger partial charge < -0.3 is 5.32 Å². The Hall–Kier alpha value is -1.98. The third kappa shape index (κ3) is 2.58. The molecular weight excluding hydrogens is 216 g/mol. The fraction of sp³-hybridized carbons (Fsp3) is 0.455. The van der Waals surface area contributed by atoms with Crippen LogP contribution in [0.4, 0.5) is 5.95 Å². The highest BCUT2D eigenvalue weighted by atomic mass is 15.4. The first-order valence-electron chi connectivity index (χ1n) is 5.68. The summed E-state index contributed by atoms with van der Waals surface area (Å²) < 4.78 is 1.72. The van der Waals surface area contributed by atoms with Gasteiger partial charge in [-0.2, -0.15) is 9.67 Å². The van der Waals surface area contributed by atoms with E-state index in [1.165, 1.54) is 0 Å². The van der Waals surface area contributed by atoms with Gasteiger partial charge in [0.25, 0.3) is 0 Å². The van der Waals surface area contributed by atoms with Crippen molar-refractivity contribution in [1.82, 2.24) is 24.7 Å². The molecule has 0 unspecified atom stereocenters. The van der Waals surface area contributed by atoms with Crippen LogP contribution >= 0.6 is 0 Å². The molecule has 0 amide bonds. The fourth-order valence-electron chi connectivity index (χ4n) is 1.53. The van der Waals surface area contributed by atoms with Crippen molar-refractivity contribution < 1.29 is 0 Å². The van der Waals surface area contributed by atoms with Gasteiger partial charge in [-0.1, -0.05) is 6.92 Å². The normalized spacial score (nSPS) is 10.5. The van der Waals surface area contributed by atoms with Crippen molar-refractivity contribution in [2.24, 2.45) is 0 Å². The molecule has 6 nitrogen and oxygen atoms in total. The number of hydrogen-bond acceptors (Lipinski definition) is 5. The van der Waals surface area contributed by atoms with Crippen molar-refractivity contribution in [2.45, 2.75) is 27.2 Å². The second-order valence-corrected chi connectivity index (χ2v) is 3.78. The molecule has 0 bridgehead atoms. The molecule has 17 heavy (non-hydrogen) atoms. The average Bonchev–Trinajstić information content (AvgIpc) is 2.66. The van der Waals surface area contributed by atoms with E-state index in [2.05, 4.69) is 32.3 Å². The van der Waals surface area contributed by atoms with E-state index in [0.29, 0.717) is 5.95 Å². The number of hydrogen-bond donors (Lipinski definition) is 1. The molecule has 0 aliphatic carbocycles. The van der Waals surface area contributed by atoms with Crippen LogP contribution < -0.4 is 5.32 Å². The SMILES string of the molecule is CCCNc1nccc(-n2nc(C)nc2C)n1. The maximum atomic E-state index is 4.39. The summed E-state index contributed by atoms with van der Waals surface area (Å²) in [5.74, 6) is 2.92. The van der Waals surface area contributed by atoms with E-state index in [1.807, 2.05) is 19.9 Å². The number of aromatic nitrogens is 5.